The normalized spacial score (nSPS) is 14.2. The highest BCUT2D eigenvalue weighted by Crippen LogP contribution is 2.28. The van der Waals surface area contributed by atoms with E-state index in [9.17, 15) is 9.18 Å². The van der Waals surface area contributed by atoms with Gasteiger partial charge in [0.1, 0.15) is 11.5 Å². The summed E-state index contributed by atoms with van der Waals surface area (Å²) in [6.45, 7) is 1.76. The Morgan fingerprint density at radius 2 is 2.32 bits per heavy atom. The lowest BCUT2D eigenvalue weighted by Crippen LogP contribution is -2.25. The minimum atomic E-state index is -0.411. The van der Waals surface area contributed by atoms with E-state index in [1.807, 2.05) is 0 Å². The molecule has 0 spiro atoms. The van der Waals surface area contributed by atoms with Crippen molar-refractivity contribution >= 4 is 27.9 Å². The molecule has 1 aromatic heterocycles. The number of amides is 1. The molecule has 0 atom stereocenters. The molecule has 1 aromatic carbocycles. The molecule has 5 nitrogen and oxygen atoms in total. The van der Waals surface area contributed by atoms with Crippen LogP contribution in [0.5, 0.6) is 0 Å². The first-order chi connectivity index (χ1) is 12.1. The van der Waals surface area contributed by atoms with Crippen LogP contribution in [0.2, 0.25) is 0 Å². The fourth-order valence-electron chi connectivity index (χ4n) is 2.26. The molecular formula is C18H19BrFN3O2. The van der Waals surface area contributed by atoms with Crippen LogP contribution in [-0.2, 0) is 9.53 Å². The first kappa shape index (κ1) is 17.8. The zero-order valence-electron chi connectivity index (χ0n) is 13.6. The minimum absolute atomic E-state index is 0.226. The maximum Gasteiger partial charge on any atom is 0.244 e. The van der Waals surface area contributed by atoms with Crippen molar-refractivity contribution in [2.24, 2.45) is 5.92 Å². The lowest BCUT2D eigenvalue weighted by molar-refractivity contribution is -0.116. The maximum absolute atomic E-state index is 14.2. The molecule has 1 N–H and O–H groups in total. The highest BCUT2D eigenvalue weighted by molar-refractivity contribution is 9.10. The Labute approximate surface area is 154 Å². The minimum Gasteiger partial charge on any atom is -0.379 e. The van der Waals surface area contributed by atoms with Crippen LogP contribution >= 0.6 is 15.9 Å². The van der Waals surface area contributed by atoms with E-state index in [0.29, 0.717) is 24.4 Å². The van der Waals surface area contributed by atoms with Crippen molar-refractivity contribution in [3.05, 3.63) is 52.5 Å². The van der Waals surface area contributed by atoms with Crippen molar-refractivity contribution in [3.8, 4) is 5.69 Å². The molecule has 1 amide bonds. The predicted octanol–water partition coefficient (Wildman–Crippen LogP) is 3.33. The zero-order chi connectivity index (χ0) is 17.6. The largest absolute Gasteiger partial charge is 0.379 e. The highest BCUT2D eigenvalue weighted by atomic mass is 79.9. The molecule has 0 radical (unpaired) electrons. The number of carbonyl (C=O) groups is 1. The molecule has 0 aliphatic heterocycles. The van der Waals surface area contributed by atoms with Crippen LogP contribution < -0.4 is 5.32 Å². The van der Waals surface area contributed by atoms with E-state index < -0.39 is 5.82 Å². The molecule has 132 valence electrons. The Kier molecular flexibility index (Phi) is 5.99. The van der Waals surface area contributed by atoms with Crippen LogP contribution in [0, 0.1) is 11.7 Å². The van der Waals surface area contributed by atoms with Crippen molar-refractivity contribution in [2.45, 2.75) is 12.8 Å². The fraction of sp³-hybridized carbons (Fsp3) is 0.333. The Hall–Kier alpha value is -1.99. The van der Waals surface area contributed by atoms with Gasteiger partial charge >= 0.3 is 0 Å². The lowest BCUT2D eigenvalue weighted by Gasteiger charge is -2.05. The van der Waals surface area contributed by atoms with Gasteiger partial charge in [-0.3, -0.25) is 4.79 Å². The molecule has 7 heteroatoms. The van der Waals surface area contributed by atoms with Crippen LogP contribution in [0.1, 0.15) is 18.4 Å². The van der Waals surface area contributed by atoms with Crippen molar-refractivity contribution in [3.63, 3.8) is 0 Å². The summed E-state index contributed by atoms with van der Waals surface area (Å²) in [4.78, 5) is 11.7. The van der Waals surface area contributed by atoms with Gasteiger partial charge in [-0.25, -0.2) is 9.07 Å². The molecule has 1 fully saturated rings. The number of hydrogen-bond acceptors (Lipinski definition) is 3. The fourth-order valence-corrected chi connectivity index (χ4v) is 2.54. The molecule has 0 bridgehead atoms. The molecule has 2 aromatic rings. The summed E-state index contributed by atoms with van der Waals surface area (Å²) in [5.74, 6) is 0.0819. The number of carbonyl (C=O) groups excluding carboxylic acids is 1. The van der Waals surface area contributed by atoms with Crippen molar-refractivity contribution < 1.29 is 13.9 Å². The van der Waals surface area contributed by atoms with E-state index in [1.54, 1.807) is 30.6 Å². The molecule has 1 saturated carbocycles. The van der Waals surface area contributed by atoms with E-state index >= 15 is 0 Å². The van der Waals surface area contributed by atoms with E-state index in [1.165, 1.54) is 29.7 Å². The summed E-state index contributed by atoms with van der Waals surface area (Å²) in [7, 11) is 0. The van der Waals surface area contributed by atoms with Gasteiger partial charge in [-0.05, 0) is 58.5 Å². The molecule has 1 aliphatic rings. The summed E-state index contributed by atoms with van der Waals surface area (Å²) in [6, 6.07) is 4.72. The Morgan fingerprint density at radius 1 is 1.48 bits per heavy atom. The standard InChI is InChI=1S/C18H19BrFN3O2/c19-15-10-22-23(11-15)17-5-3-13(9-16(17)20)4-6-18(24)21-7-8-25-12-14-1-2-14/h3-6,9-11,14H,1-2,7-8,12H2,(H,21,24)/b6-4+. The summed E-state index contributed by atoms with van der Waals surface area (Å²) in [6.07, 6.45) is 8.73. The summed E-state index contributed by atoms with van der Waals surface area (Å²) < 4.78 is 21.9. The molecule has 25 heavy (non-hydrogen) atoms. The number of hydrogen-bond donors (Lipinski definition) is 1. The van der Waals surface area contributed by atoms with Crippen LogP contribution in [0.4, 0.5) is 4.39 Å². The number of nitrogens with one attached hydrogen (secondary N) is 1. The quantitative estimate of drug-likeness (QED) is 0.539. The number of halogens is 2. The average Bonchev–Trinajstić information content (AvgIpc) is 3.32. The first-order valence-corrected chi connectivity index (χ1v) is 8.95. The molecule has 1 heterocycles. The molecule has 0 unspecified atom stereocenters. The SMILES string of the molecule is O=C(/C=C/c1ccc(-n2cc(Br)cn2)c(F)c1)NCCOCC1CC1. The van der Waals surface area contributed by atoms with Crippen molar-refractivity contribution in [2.75, 3.05) is 19.8 Å². The number of aromatic nitrogens is 2. The van der Waals surface area contributed by atoms with Gasteiger partial charge in [-0.15, -0.1) is 0 Å². The summed E-state index contributed by atoms with van der Waals surface area (Å²) >= 11 is 3.28. The summed E-state index contributed by atoms with van der Waals surface area (Å²) in [5.41, 5.74) is 0.952. The number of ether oxygens (including phenoxy) is 1. The molecule has 3 rings (SSSR count). The second kappa shape index (κ2) is 8.40. The molecule has 1 aliphatic carbocycles. The lowest BCUT2D eigenvalue weighted by atomic mass is 10.2. The van der Waals surface area contributed by atoms with Gasteiger partial charge in [0.2, 0.25) is 5.91 Å². The Morgan fingerprint density at radius 3 is 3.00 bits per heavy atom. The summed E-state index contributed by atoms with van der Waals surface area (Å²) in [5, 5.41) is 6.79. The monoisotopic (exact) mass is 407 g/mol. The third kappa shape index (κ3) is 5.51. The Balaban J connectivity index is 1.48. The second-order valence-electron chi connectivity index (χ2n) is 5.96. The van der Waals surface area contributed by atoms with Crippen LogP contribution in [0.25, 0.3) is 11.8 Å². The van der Waals surface area contributed by atoms with E-state index in [2.05, 4.69) is 26.3 Å². The molecular weight excluding hydrogens is 389 g/mol. The highest BCUT2D eigenvalue weighted by Gasteiger charge is 2.20. The van der Waals surface area contributed by atoms with Crippen LogP contribution in [-0.4, -0.2) is 35.4 Å². The third-order valence-corrected chi connectivity index (χ3v) is 4.20. The van der Waals surface area contributed by atoms with Crippen LogP contribution in [0.3, 0.4) is 0 Å². The van der Waals surface area contributed by atoms with Gasteiger partial charge in [0.05, 0.1) is 17.3 Å². The van der Waals surface area contributed by atoms with Crippen molar-refractivity contribution in [1.29, 1.82) is 0 Å². The topological polar surface area (TPSA) is 56.2 Å². The van der Waals surface area contributed by atoms with Crippen LogP contribution in [0.15, 0.2) is 41.1 Å². The van der Waals surface area contributed by atoms with Gasteiger partial charge in [0.15, 0.2) is 0 Å². The van der Waals surface area contributed by atoms with Gasteiger partial charge in [-0.1, -0.05) is 6.07 Å². The Bertz CT molecular complexity index is 771. The zero-order valence-corrected chi connectivity index (χ0v) is 15.2. The predicted molar refractivity (Wildman–Crippen MR) is 96.8 cm³/mol. The van der Waals surface area contributed by atoms with E-state index in [4.69, 9.17) is 4.74 Å². The van der Waals surface area contributed by atoms with Gasteiger partial charge in [0.25, 0.3) is 0 Å². The van der Waals surface area contributed by atoms with Gasteiger partial charge in [-0.2, -0.15) is 5.10 Å². The third-order valence-electron chi connectivity index (χ3n) is 3.79. The number of benzene rings is 1. The molecule has 0 saturated heterocycles. The average molecular weight is 408 g/mol. The maximum atomic E-state index is 14.2. The smallest absolute Gasteiger partial charge is 0.244 e. The number of nitrogens with zero attached hydrogens (tertiary/aromatic N) is 2. The van der Waals surface area contributed by atoms with Gasteiger partial charge in [0, 0.05) is 25.4 Å². The van der Waals surface area contributed by atoms with Gasteiger partial charge < -0.3 is 10.1 Å². The van der Waals surface area contributed by atoms with E-state index in [0.717, 1.165) is 17.0 Å². The van der Waals surface area contributed by atoms with E-state index in [-0.39, 0.29) is 5.91 Å². The van der Waals surface area contributed by atoms with Crippen molar-refractivity contribution in [1.82, 2.24) is 15.1 Å². The first-order valence-electron chi connectivity index (χ1n) is 8.15. The number of rotatable bonds is 8. The second-order valence-corrected chi connectivity index (χ2v) is 6.87.